The number of phenols is 1. The first-order valence-electron chi connectivity index (χ1n) is 6.59. The molecule has 0 aromatic heterocycles. The Labute approximate surface area is 152 Å². The topological polar surface area (TPSA) is 73.1 Å². The fourth-order valence-corrected chi connectivity index (χ4v) is 2.57. The van der Waals surface area contributed by atoms with Gasteiger partial charge in [0, 0.05) is 10.7 Å². The van der Waals surface area contributed by atoms with E-state index in [-0.39, 0.29) is 11.3 Å². The zero-order chi connectivity index (χ0) is 17.0. The number of nitriles is 1. The van der Waals surface area contributed by atoms with E-state index in [0.29, 0.717) is 19.8 Å². The molecule has 2 aromatic rings. The van der Waals surface area contributed by atoms with Crippen molar-refractivity contribution in [3.8, 4) is 11.8 Å². The third-order valence-electron chi connectivity index (χ3n) is 3.16. The van der Waals surface area contributed by atoms with E-state index < -0.39 is 5.91 Å². The molecule has 0 saturated heterocycles. The van der Waals surface area contributed by atoms with Crippen molar-refractivity contribution in [3.63, 3.8) is 0 Å². The van der Waals surface area contributed by atoms with Gasteiger partial charge < -0.3 is 10.4 Å². The molecule has 0 radical (unpaired) electrons. The lowest BCUT2D eigenvalue weighted by molar-refractivity contribution is -0.112. The first-order valence-corrected chi connectivity index (χ1v) is 8.05. The Morgan fingerprint density at radius 1 is 1.39 bits per heavy atom. The van der Waals surface area contributed by atoms with Crippen LogP contribution in [0.4, 0.5) is 5.69 Å². The number of carbonyl (C=O) groups excluding carboxylic acids is 1. The summed E-state index contributed by atoms with van der Waals surface area (Å²) >= 11 is 7.99. The number of hydrogen-bond donors (Lipinski definition) is 2. The van der Waals surface area contributed by atoms with Gasteiger partial charge in [-0.3, -0.25) is 4.79 Å². The average Bonchev–Trinajstić information content (AvgIpc) is 2.52. The summed E-state index contributed by atoms with van der Waals surface area (Å²) in [5.41, 5.74) is 1.91. The molecule has 2 aromatic carbocycles. The molecule has 0 heterocycles. The van der Waals surface area contributed by atoms with Crippen molar-refractivity contribution in [2.75, 3.05) is 5.32 Å². The molecule has 6 heteroatoms. The van der Waals surface area contributed by atoms with Crippen LogP contribution in [0.3, 0.4) is 0 Å². The van der Waals surface area contributed by atoms with Crippen LogP contribution in [0.25, 0.3) is 6.08 Å². The van der Waals surface area contributed by atoms with Crippen LogP contribution in [0, 0.1) is 21.8 Å². The van der Waals surface area contributed by atoms with Gasteiger partial charge in [0.2, 0.25) is 0 Å². The van der Waals surface area contributed by atoms with Gasteiger partial charge in [0.15, 0.2) is 0 Å². The minimum Gasteiger partial charge on any atom is -0.507 e. The van der Waals surface area contributed by atoms with Crippen molar-refractivity contribution >= 4 is 51.9 Å². The molecule has 2 N–H and O–H groups in total. The molecule has 0 aliphatic carbocycles. The van der Waals surface area contributed by atoms with Crippen molar-refractivity contribution in [2.45, 2.75) is 6.92 Å². The first-order chi connectivity index (χ1) is 10.9. The lowest BCUT2D eigenvalue weighted by Crippen LogP contribution is -2.14. The Morgan fingerprint density at radius 3 is 2.78 bits per heavy atom. The van der Waals surface area contributed by atoms with E-state index in [0.717, 1.165) is 5.56 Å². The Bertz CT molecular complexity index is 841. The van der Waals surface area contributed by atoms with Crippen LogP contribution in [0.5, 0.6) is 5.75 Å². The summed E-state index contributed by atoms with van der Waals surface area (Å²) in [5, 5.41) is 22.0. The highest BCUT2D eigenvalue weighted by Gasteiger charge is 2.12. The average molecular weight is 439 g/mol. The van der Waals surface area contributed by atoms with Crippen molar-refractivity contribution in [2.24, 2.45) is 0 Å². The highest BCUT2D eigenvalue weighted by atomic mass is 127. The summed E-state index contributed by atoms with van der Waals surface area (Å²) in [6.07, 6.45) is 1.47. The zero-order valence-corrected chi connectivity index (χ0v) is 15.0. The third-order valence-corrected chi connectivity index (χ3v) is 4.44. The fraction of sp³-hybridized carbons (Fsp3) is 0.0588. The second-order valence-corrected chi connectivity index (χ2v) is 6.32. The summed E-state index contributed by atoms with van der Waals surface area (Å²) in [4.78, 5) is 12.3. The molecule has 0 spiro atoms. The van der Waals surface area contributed by atoms with E-state index in [1.54, 1.807) is 37.3 Å². The van der Waals surface area contributed by atoms with Crippen molar-refractivity contribution in [3.05, 3.63) is 61.7 Å². The maximum Gasteiger partial charge on any atom is 0.266 e. The van der Waals surface area contributed by atoms with E-state index in [1.165, 1.54) is 12.1 Å². The number of hydrogen-bond acceptors (Lipinski definition) is 3. The van der Waals surface area contributed by atoms with Crippen LogP contribution in [-0.2, 0) is 4.79 Å². The fourth-order valence-electron chi connectivity index (χ4n) is 1.86. The Balaban J connectivity index is 2.28. The van der Waals surface area contributed by atoms with E-state index in [2.05, 4.69) is 5.32 Å². The molecule has 0 unspecified atom stereocenters. The highest BCUT2D eigenvalue weighted by Crippen LogP contribution is 2.24. The number of carbonyl (C=O) groups is 1. The van der Waals surface area contributed by atoms with Crippen molar-refractivity contribution in [1.82, 2.24) is 0 Å². The van der Waals surface area contributed by atoms with Gasteiger partial charge in [0.05, 0.1) is 3.57 Å². The van der Waals surface area contributed by atoms with Gasteiger partial charge in [-0.1, -0.05) is 23.7 Å². The zero-order valence-electron chi connectivity index (χ0n) is 12.1. The predicted octanol–water partition coefficient (Wildman–Crippen LogP) is 4.50. The van der Waals surface area contributed by atoms with Crippen LogP contribution < -0.4 is 5.32 Å². The second kappa shape index (κ2) is 7.49. The predicted molar refractivity (Wildman–Crippen MR) is 99.2 cm³/mol. The number of phenolic OH excluding ortho intramolecular Hbond substituents is 1. The number of amides is 1. The maximum atomic E-state index is 12.3. The van der Waals surface area contributed by atoms with Crippen LogP contribution in [-0.4, -0.2) is 11.0 Å². The summed E-state index contributed by atoms with van der Waals surface area (Å²) < 4.78 is 0.639. The van der Waals surface area contributed by atoms with Crippen LogP contribution >= 0.6 is 34.2 Å². The quantitative estimate of drug-likeness (QED) is 0.421. The lowest BCUT2D eigenvalue weighted by atomic mass is 10.1. The molecule has 0 aliphatic rings. The van der Waals surface area contributed by atoms with E-state index >= 15 is 0 Å². The number of nitrogens with one attached hydrogen (secondary N) is 1. The summed E-state index contributed by atoms with van der Waals surface area (Å²) in [6.45, 7) is 1.79. The molecule has 2 rings (SSSR count). The largest absolute Gasteiger partial charge is 0.507 e. The molecular weight excluding hydrogens is 427 g/mol. The number of rotatable bonds is 3. The number of halogens is 2. The monoisotopic (exact) mass is 438 g/mol. The summed E-state index contributed by atoms with van der Waals surface area (Å²) in [7, 11) is 0. The van der Waals surface area contributed by atoms with Gasteiger partial charge in [0.1, 0.15) is 17.4 Å². The summed E-state index contributed by atoms with van der Waals surface area (Å²) in [6, 6.07) is 11.9. The molecular formula is C17H12ClIN2O2. The van der Waals surface area contributed by atoms with Gasteiger partial charge in [-0.15, -0.1) is 0 Å². The van der Waals surface area contributed by atoms with Gasteiger partial charge >= 0.3 is 0 Å². The Morgan fingerprint density at radius 2 is 2.13 bits per heavy atom. The van der Waals surface area contributed by atoms with Crippen LogP contribution in [0.2, 0.25) is 5.02 Å². The standard InChI is InChI=1S/C17H12ClIN2O2/c1-10-13(18)3-2-4-15(10)21-17(23)12(9-20)7-11-5-6-16(22)14(19)8-11/h2-8,22H,1H3,(H,21,23)/b12-7-. The van der Waals surface area contributed by atoms with Gasteiger partial charge in [-0.2, -0.15) is 5.26 Å². The van der Waals surface area contributed by atoms with E-state index in [9.17, 15) is 15.2 Å². The number of anilines is 1. The third kappa shape index (κ3) is 4.24. The van der Waals surface area contributed by atoms with Gasteiger partial charge in [0.25, 0.3) is 5.91 Å². The molecule has 0 aliphatic heterocycles. The highest BCUT2D eigenvalue weighted by molar-refractivity contribution is 14.1. The molecule has 0 bridgehead atoms. The summed E-state index contributed by atoms with van der Waals surface area (Å²) in [5.74, 6) is -0.360. The van der Waals surface area contributed by atoms with Crippen LogP contribution in [0.15, 0.2) is 42.0 Å². The van der Waals surface area contributed by atoms with Crippen LogP contribution in [0.1, 0.15) is 11.1 Å². The molecule has 1 amide bonds. The van der Waals surface area contributed by atoms with E-state index in [1.807, 2.05) is 28.7 Å². The Hall–Kier alpha value is -2.04. The molecule has 23 heavy (non-hydrogen) atoms. The van der Waals surface area contributed by atoms with Crippen molar-refractivity contribution < 1.29 is 9.90 Å². The van der Waals surface area contributed by atoms with Gasteiger partial charge in [-0.25, -0.2) is 0 Å². The smallest absolute Gasteiger partial charge is 0.266 e. The minimum atomic E-state index is -0.513. The molecule has 0 fully saturated rings. The SMILES string of the molecule is Cc1c(Cl)cccc1NC(=O)/C(C#N)=C\c1ccc(O)c(I)c1. The minimum absolute atomic E-state index is 0.0362. The normalized spacial score (nSPS) is 11.0. The molecule has 116 valence electrons. The molecule has 0 saturated carbocycles. The van der Waals surface area contributed by atoms with Gasteiger partial charge in [-0.05, 0) is 71.0 Å². The first kappa shape index (κ1) is 17.3. The van der Waals surface area contributed by atoms with E-state index in [4.69, 9.17) is 11.6 Å². The molecule has 4 nitrogen and oxygen atoms in total. The number of benzene rings is 2. The molecule has 0 atom stereocenters. The second-order valence-electron chi connectivity index (χ2n) is 4.75. The Kier molecular flexibility index (Phi) is 5.64. The van der Waals surface area contributed by atoms with Crippen molar-refractivity contribution in [1.29, 1.82) is 5.26 Å². The lowest BCUT2D eigenvalue weighted by Gasteiger charge is -2.09. The number of nitrogens with zero attached hydrogens (tertiary/aromatic N) is 1. The maximum absolute atomic E-state index is 12.3. The number of aromatic hydroxyl groups is 1.